The maximum absolute atomic E-state index is 2.38. The van der Waals surface area contributed by atoms with Gasteiger partial charge in [0.2, 0.25) is 0 Å². The molecule has 0 amide bonds. The third-order valence-corrected chi connectivity index (χ3v) is 2.54. The van der Waals surface area contributed by atoms with Crippen LogP contribution in [-0.4, -0.2) is 0 Å². The van der Waals surface area contributed by atoms with Gasteiger partial charge in [-0.05, 0) is 11.8 Å². The van der Waals surface area contributed by atoms with Gasteiger partial charge in [0.25, 0.3) is 0 Å². The lowest BCUT2D eigenvalue weighted by atomic mass is 9.82. The van der Waals surface area contributed by atoms with Crippen molar-refractivity contribution in [3.05, 3.63) is 0 Å². The van der Waals surface area contributed by atoms with Crippen LogP contribution >= 0.6 is 0 Å². The normalized spacial score (nSPS) is 32.4. The molecule has 2 atom stereocenters. The molecule has 1 saturated carbocycles. The number of hydrogen-bond acceptors (Lipinski definition) is 0. The van der Waals surface area contributed by atoms with Gasteiger partial charge in [-0.1, -0.05) is 53.4 Å². The summed E-state index contributed by atoms with van der Waals surface area (Å²) in [6, 6.07) is 0. The fourth-order valence-electron chi connectivity index (χ4n) is 1.50. The summed E-state index contributed by atoms with van der Waals surface area (Å²) in [7, 11) is 0. The standard InChI is InChI=1S/C8H16.C2H6/c1-7-5-3-4-6-8(7)2;1-2/h7-8H,3-6H2,1-2H3;1-2H3/t7-,8?;/m1./s1. The lowest BCUT2D eigenvalue weighted by Gasteiger charge is -2.24. The summed E-state index contributed by atoms with van der Waals surface area (Å²) in [6.45, 7) is 8.76. The molecule has 1 unspecified atom stereocenters. The van der Waals surface area contributed by atoms with Crippen molar-refractivity contribution in [3.8, 4) is 0 Å². The van der Waals surface area contributed by atoms with Crippen molar-refractivity contribution < 1.29 is 0 Å². The van der Waals surface area contributed by atoms with Crippen molar-refractivity contribution in [1.82, 2.24) is 0 Å². The Hall–Kier alpha value is 0. The van der Waals surface area contributed by atoms with E-state index in [0.29, 0.717) is 0 Å². The molecule has 10 heavy (non-hydrogen) atoms. The van der Waals surface area contributed by atoms with E-state index in [1.54, 1.807) is 0 Å². The van der Waals surface area contributed by atoms with Gasteiger partial charge in [0.1, 0.15) is 0 Å². The van der Waals surface area contributed by atoms with Gasteiger partial charge in [-0.15, -0.1) is 0 Å². The van der Waals surface area contributed by atoms with Gasteiger partial charge >= 0.3 is 0 Å². The molecule has 0 radical (unpaired) electrons. The van der Waals surface area contributed by atoms with Gasteiger partial charge < -0.3 is 0 Å². The lowest BCUT2D eigenvalue weighted by Crippen LogP contribution is -2.12. The summed E-state index contributed by atoms with van der Waals surface area (Å²) in [5.41, 5.74) is 0. The van der Waals surface area contributed by atoms with Crippen molar-refractivity contribution >= 4 is 0 Å². The van der Waals surface area contributed by atoms with Gasteiger partial charge in [-0.3, -0.25) is 0 Å². The second kappa shape index (κ2) is 5.76. The van der Waals surface area contributed by atoms with E-state index in [9.17, 15) is 0 Å². The highest BCUT2D eigenvalue weighted by atomic mass is 14.2. The van der Waals surface area contributed by atoms with Gasteiger partial charge in [0.15, 0.2) is 0 Å². The van der Waals surface area contributed by atoms with Gasteiger partial charge in [-0.25, -0.2) is 0 Å². The molecular formula is C10H22. The highest BCUT2D eigenvalue weighted by molar-refractivity contribution is 4.67. The number of rotatable bonds is 0. The molecule has 0 nitrogen and oxygen atoms in total. The van der Waals surface area contributed by atoms with Crippen molar-refractivity contribution in [1.29, 1.82) is 0 Å². The molecule has 0 saturated heterocycles. The van der Waals surface area contributed by atoms with Crippen LogP contribution in [0.3, 0.4) is 0 Å². The fourth-order valence-corrected chi connectivity index (χ4v) is 1.50. The minimum absolute atomic E-state index is 1.00. The average molecular weight is 142 g/mol. The van der Waals surface area contributed by atoms with E-state index >= 15 is 0 Å². The van der Waals surface area contributed by atoms with Gasteiger partial charge in [0, 0.05) is 0 Å². The van der Waals surface area contributed by atoms with Crippen LogP contribution < -0.4 is 0 Å². The smallest absolute Gasteiger partial charge is 0.0417 e. The molecule has 0 aromatic carbocycles. The van der Waals surface area contributed by atoms with Gasteiger partial charge in [0.05, 0.1) is 0 Å². The van der Waals surface area contributed by atoms with E-state index in [0.717, 1.165) is 11.8 Å². The molecule has 0 bridgehead atoms. The van der Waals surface area contributed by atoms with Crippen LogP contribution in [0.25, 0.3) is 0 Å². The largest absolute Gasteiger partial charge is 0.0683 e. The van der Waals surface area contributed by atoms with E-state index in [2.05, 4.69) is 13.8 Å². The van der Waals surface area contributed by atoms with Crippen LogP contribution in [0.1, 0.15) is 53.4 Å². The Morgan fingerprint density at radius 2 is 1.10 bits per heavy atom. The van der Waals surface area contributed by atoms with Crippen LogP contribution in [0.5, 0.6) is 0 Å². The second-order valence-electron chi connectivity index (χ2n) is 3.24. The average Bonchev–Trinajstić information content (AvgIpc) is 2.00. The molecule has 1 fully saturated rings. The Kier molecular flexibility index (Phi) is 5.76. The Labute approximate surface area is 66.0 Å². The first-order valence-electron chi connectivity index (χ1n) is 4.80. The molecular weight excluding hydrogens is 120 g/mol. The summed E-state index contributed by atoms with van der Waals surface area (Å²) in [4.78, 5) is 0. The summed E-state index contributed by atoms with van der Waals surface area (Å²) < 4.78 is 0. The molecule has 0 aliphatic heterocycles. The van der Waals surface area contributed by atoms with E-state index in [1.165, 1.54) is 25.7 Å². The second-order valence-corrected chi connectivity index (χ2v) is 3.24. The van der Waals surface area contributed by atoms with Crippen molar-refractivity contribution in [2.24, 2.45) is 11.8 Å². The maximum atomic E-state index is 2.38. The lowest BCUT2D eigenvalue weighted by molar-refractivity contribution is 0.277. The molecule has 0 aromatic rings. The van der Waals surface area contributed by atoms with Crippen LogP contribution in [0.2, 0.25) is 0 Å². The van der Waals surface area contributed by atoms with E-state index in [4.69, 9.17) is 0 Å². The molecule has 0 spiro atoms. The Morgan fingerprint density at radius 3 is 1.30 bits per heavy atom. The van der Waals surface area contributed by atoms with Crippen LogP contribution in [0, 0.1) is 11.8 Å². The van der Waals surface area contributed by atoms with Crippen molar-refractivity contribution in [3.63, 3.8) is 0 Å². The quantitative estimate of drug-likeness (QED) is 0.482. The molecule has 0 heteroatoms. The summed E-state index contributed by atoms with van der Waals surface area (Å²) in [5.74, 6) is 2.01. The predicted molar refractivity (Wildman–Crippen MR) is 48.1 cm³/mol. The zero-order valence-electron chi connectivity index (χ0n) is 7.98. The number of hydrogen-bond donors (Lipinski definition) is 0. The Balaban J connectivity index is 0.000000371. The molecule has 0 N–H and O–H groups in total. The molecule has 1 aliphatic rings. The molecule has 0 aromatic heterocycles. The Morgan fingerprint density at radius 1 is 0.800 bits per heavy atom. The summed E-state index contributed by atoms with van der Waals surface area (Å²) in [5, 5.41) is 0. The SMILES string of the molecule is CC.CC1CCCC[C@H]1C. The minimum Gasteiger partial charge on any atom is -0.0683 e. The zero-order chi connectivity index (χ0) is 7.98. The third-order valence-electron chi connectivity index (χ3n) is 2.54. The molecule has 62 valence electrons. The predicted octanol–water partition coefficient (Wildman–Crippen LogP) is 3.86. The molecule has 1 aliphatic carbocycles. The highest BCUT2D eigenvalue weighted by Crippen LogP contribution is 2.28. The van der Waals surface area contributed by atoms with E-state index in [1.807, 2.05) is 13.8 Å². The first kappa shape index (κ1) is 10.0. The first-order chi connectivity index (χ1) is 4.80. The third kappa shape index (κ3) is 3.24. The van der Waals surface area contributed by atoms with Crippen molar-refractivity contribution in [2.75, 3.05) is 0 Å². The Bertz CT molecular complexity index is 56.4. The zero-order valence-corrected chi connectivity index (χ0v) is 7.98. The monoisotopic (exact) mass is 142 g/mol. The molecule has 1 rings (SSSR count). The van der Waals surface area contributed by atoms with Crippen LogP contribution in [-0.2, 0) is 0 Å². The minimum atomic E-state index is 1.00. The fraction of sp³-hybridized carbons (Fsp3) is 1.00. The molecule has 0 heterocycles. The van der Waals surface area contributed by atoms with Gasteiger partial charge in [-0.2, -0.15) is 0 Å². The van der Waals surface area contributed by atoms with Crippen LogP contribution in [0.4, 0.5) is 0 Å². The highest BCUT2D eigenvalue weighted by Gasteiger charge is 2.15. The first-order valence-corrected chi connectivity index (χ1v) is 4.80. The summed E-state index contributed by atoms with van der Waals surface area (Å²) in [6.07, 6.45) is 5.90. The van der Waals surface area contributed by atoms with E-state index in [-0.39, 0.29) is 0 Å². The summed E-state index contributed by atoms with van der Waals surface area (Å²) >= 11 is 0. The van der Waals surface area contributed by atoms with Crippen molar-refractivity contribution in [2.45, 2.75) is 53.4 Å². The van der Waals surface area contributed by atoms with Crippen LogP contribution in [0.15, 0.2) is 0 Å². The maximum Gasteiger partial charge on any atom is -0.0417 e. The van der Waals surface area contributed by atoms with E-state index < -0.39 is 0 Å². The topological polar surface area (TPSA) is 0 Å².